The van der Waals surface area contributed by atoms with Crippen molar-refractivity contribution in [2.24, 2.45) is 0 Å². The van der Waals surface area contributed by atoms with Crippen molar-refractivity contribution in [2.45, 2.75) is 26.4 Å². The summed E-state index contributed by atoms with van der Waals surface area (Å²) in [7, 11) is 0. The summed E-state index contributed by atoms with van der Waals surface area (Å²) in [6.45, 7) is 5.19. The van der Waals surface area contributed by atoms with Crippen molar-refractivity contribution < 1.29 is 23.1 Å². The summed E-state index contributed by atoms with van der Waals surface area (Å²) in [5, 5.41) is 4.88. The molecular weight excluding hydrogens is 327 g/mol. The van der Waals surface area contributed by atoms with E-state index in [4.69, 9.17) is 9.15 Å². The number of hydrogen-bond acceptors (Lipinski definition) is 4. The van der Waals surface area contributed by atoms with Gasteiger partial charge in [0.15, 0.2) is 0 Å². The molecule has 0 saturated carbocycles. The van der Waals surface area contributed by atoms with Gasteiger partial charge in [0.25, 0.3) is 0 Å². The third kappa shape index (κ3) is 6.14. The standard InChI is InChI=1S/C18H19FN2O4/c1-18(2,3)25-17(23)20-12-6-8-14(19)15(11-12)21-16(22)9-7-13-5-4-10-24-13/h4-11H,1-3H3,(H,20,23)(H,21,22)/b9-7+. The van der Waals surface area contributed by atoms with Gasteiger partial charge in [0.1, 0.15) is 17.2 Å². The molecule has 0 aliphatic heterocycles. The van der Waals surface area contributed by atoms with E-state index in [0.717, 1.165) is 6.07 Å². The van der Waals surface area contributed by atoms with Gasteiger partial charge in [-0.25, -0.2) is 9.18 Å². The fourth-order valence-electron chi connectivity index (χ4n) is 1.84. The molecular formula is C18H19FN2O4. The van der Waals surface area contributed by atoms with Gasteiger partial charge in [0.2, 0.25) is 5.91 Å². The highest BCUT2D eigenvalue weighted by atomic mass is 19.1. The third-order valence-electron chi connectivity index (χ3n) is 2.81. The summed E-state index contributed by atoms with van der Waals surface area (Å²) in [4.78, 5) is 23.6. The zero-order chi connectivity index (χ0) is 18.4. The fourth-order valence-corrected chi connectivity index (χ4v) is 1.84. The number of halogens is 1. The molecule has 0 aliphatic carbocycles. The Balaban J connectivity index is 2.03. The highest BCUT2D eigenvalue weighted by molar-refractivity contribution is 6.02. The molecule has 0 fully saturated rings. The first-order chi connectivity index (χ1) is 11.7. The van der Waals surface area contributed by atoms with Crippen LogP contribution in [0.15, 0.2) is 47.1 Å². The molecule has 2 N–H and O–H groups in total. The number of anilines is 2. The second-order valence-electron chi connectivity index (χ2n) is 6.16. The fraction of sp³-hybridized carbons (Fsp3) is 0.222. The number of nitrogens with one attached hydrogen (secondary N) is 2. The molecule has 0 radical (unpaired) electrons. The SMILES string of the molecule is CC(C)(C)OC(=O)Nc1ccc(F)c(NC(=O)/C=C/c2ccco2)c1. The van der Waals surface area contributed by atoms with Gasteiger partial charge in [-0.1, -0.05) is 0 Å². The van der Waals surface area contributed by atoms with Crippen LogP contribution in [0.4, 0.5) is 20.6 Å². The predicted molar refractivity (Wildman–Crippen MR) is 92.6 cm³/mol. The molecule has 6 nitrogen and oxygen atoms in total. The maximum absolute atomic E-state index is 13.9. The largest absolute Gasteiger partial charge is 0.465 e. The van der Waals surface area contributed by atoms with Crippen molar-refractivity contribution in [3.05, 3.63) is 54.2 Å². The summed E-state index contributed by atoms with van der Waals surface area (Å²) in [5.41, 5.74) is -0.429. The smallest absolute Gasteiger partial charge is 0.412 e. The molecule has 1 aromatic carbocycles. The first-order valence-electron chi connectivity index (χ1n) is 7.55. The third-order valence-corrected chi connectivity index (χ3v) is 2.81. The number of amides is 2. The van der Waals surface area contributed by atoms with Gasteiger partial charge >= 0.3 is 6.09 Å². The van der Waals surface area contributed by atoms with Crippen LogP contribution in [0.5, 0.6) is 0 Å². The number of hydrogen-bond donors (Lipinski definition) is 2. The van der Waals surface area contributed by atoms with Crippen LogP contribution in [-0.4, -0.2) is 17.6 Å². The highest BCUT2D eigenvalue weighted by Crippen LogP contribution is 2.20. The van der Waals surface area contributed by atoms with Crippen LogP contribution < -0.4 is 10.6 Å². The second kappa shape index (κ2) is 7.65. The van der Waals surface area contributed by atoms with Crippen molar-refractivity contribution in [2.75, 3.05) is 10.6 Å². The molecule has 2 amide bonds. The predicted octanol–water partition coefficient (Wildman–Crippen LogP) is 4.42. The van der Waals surface area contributed by atoms with Crippen LogP contribution in [0.25, 0.3) is 6.08 Å². The van der Waals surface area contributed by atoms with Gasteiger partial charge in [-0.2, -0.15) is 0 Å². The summed E-state index contributed by atoms with van der Waals surface area (Å²) in [5.74, 6) is -0.671. The summed E-state index contributed by atoms with van der Waals surface area (Å²) in [6.07, 6.45) is 3.47. The van der Waals surface area contributed by atoms with Crippen molar-refractivity contribution in [1.29, 1.82) is 0 Å². The highest BCUT2D eigenvalue weighted by Gasteiger charge is 2.16. The Hall–Kier alpha value is -3.09. The molecule has 0 aliphatic rings. The van der Waals surface area contributed by atoms with E-state index in [0.29, 0.717) is 11.4 Å². The van der Waals surface area contributed by atoms with Gasteiger partial charge in [-0.05, 0) is 57.2 Å². The van der Waals surface area contributed by atoms with Gasteiger partial charge in [0.05, 0.1) is 12.0 Å². The van der Waals surface area contributed by atoms with Crippen LogP contribution in [0, 0.1) is 5.82 Å². The lowest BCUT2D eigenvalue weighted by atomic mass is 10.2. The Bertz CT molecular complexity index is 777. The zero-order valence-corrected chi connectivity index (χ0v) is 14.1. The Kier molecular flexibility index (Phi) is 5.59. The monoisotopic (exact) mass is 346 g/mol. The number of furan rings is 1. The van der Waals surface area contributed by atoms with E-state index < -0.39 is 23.4 Å². The molecule has 7 heteroatoms. The molecule has 1 heterocycles. The minimum Gasteiger partial charge on any atom is -0.465 e. The van der Waals surface area contributed by atoms with E-state index in [9.17, 15) is 14.0 Å². The molecule has 1 aromatic heterocycles. The van der Waals surface area contributed by atoms with Crippen LogP contribution in [0.2, 0.25) is 0 Å². The van der Waals surface area contributed by atoms with E-state index in [-0.39, 0.29) is 5.69 Å². The Labute approximate surface area is 144 Å². The topological polar surface area (TPSA) is 80.6 Å². The van der Waals surface area contributed by atoms with Gasteiger partial charge < -0.3 is 14.5 Å². The average molecular weight is 346 g/mol. The number of ether oxygens (including phenoxy) is 1. The minimum absolute atomic E-state index is 0.0670. The Morgan fingerprint density at radius 3 is 2.60 bits per heavy atom. The number of benzene rings is 1. The van der Waals surface area contributed by atoms with E-state index in [1.54, 1.807) is 32.9 Å². The first-order valence-corrected chi connectivity index (χ1v) is 7.55. The summed E-state index contributed by atoms with van der Waals surface area (Å²) >= 11 is 0. The Morgan fingerprint density at radius 2 is 1.96 bits per heavy atom. The van der Waals surface area contributed by atoms with Crippen LogP contribution in [-0.2, 0) is 9.53 Å². The first kappa shape index (κ1) is 18.3. The molecule has 25 heavy (non-hydrogen) atoms. The summed E-state index contributed by atoms with van der Waals surface area (Å²) in [6, 6.07) is 7.17. The lowest BCUT2D eigenvalue weighted by molar-refractivity contribution is -0.111. The number of carbonyl (C=O) groups is 2. The molecule has 0 atom stereocenters. The van der Waals surface area contributed by atoms with Crippen LogP contribution in [0.1, 0.15) is 26.5 Å². The van der Waals surface area contributed by atoms with Crippen LogP contribution in [0.3, 0.4) is 0 Å². The minimum atomic E-state index is -0.672. The van der Waals surface area contributed by atoms with Gasteiger partial charge in [-0.3, -0.25) is 10.1 Å². The maximum atomic E-state index is 13.9. The van der Waals surface area contributed by atoms with E-state index in [1.165, 1.54) is 30.5 Å². The molecule has 2 aromatic rings. The molecule has 0 spiro atoms. The summed E-state index contributed by atoms with van der Waals surface area (Å²) < 4.78 is 24.0. The van der Waals surface area contributed by atoms with Crippen LogP contribution >= 0.6 is 0 Å². The van der Waals surface area contributed by atoms with E-state index in [1.807, 2.05) is 0 Å². The van der Waals surface area contributed by atoms with E-state index >= 15 is 0 Å². The average Bonchev–Trinajstić information content (AvgIpc) is 3.00. The van der Waals surface area contributed by atoms with Crippen molar-refractivity contribution >= 4 is 29.5 Å². The van der Waals surface area contributed by atoms with Crippen molar-refractivity contribution in [3.8, 4) is 0 Å². The Morgan fingerprint density at radius 1 is 1.20 bits per heavy atom. The van der Waals surface area contributed by atoms with Crippen molar-refractivity contribution in [3.63, 3.8) is 0 Å². The molecule has 2 rings (SSSR count). The van der Waals surface area contributed by atoms with Crippen molar-refractivity contribution in [1.82, 2.24) is 0 Å². The quantitative estimate of drug-likeness (QED) is 0.803. The van der Waals surface area contributed by atoms with E-state index in [2.05, 4.69) is 10.6 Å². The zero-order valence-electron chi connectivity index (χ0n) is 14.1. The van der Waals surface area contributed by atoms with Gasteiger partial charge in [0, 0.05) is 11.8 Å². The second-order valence-corrected chi connectivity index (χ2v) is 6.16. The lowest BCUT2D eigenvalue weighted by Crippen LogP contribution is -2.27. The molecule has 0 saturated heterocycles. The molecule has 132 valence electrons. The lowest BCUT2D eigenvalue weighted by Gasteiger charge is -2.19. The molecule has 0 bridgehead atoms. The van der Waals surface area contributed by atoms with Gasteiger partial charge in [-0.15, -0.1) is 0 Å². The number of rotatable bonds is 4. The maximum Gasteiger partial charge on any atom is 0.412 e. The number of carbonyl (C=O) groups excluding carboxylic acids is 2. The normalized spacial score (nSPS) is 11.4. The molecule has 0 unspecified atom stereocenters.